The van der Waals surface area contributed by atoms with Crippen molar-refractivity contribution in [2.24, 2.45) is 0 Å². The summed E-state index contributed by atoms with van der Waals surface area (Å²) in [4.78, 5) is 15.1. The van der Waals surface area contributed by atoms with Crippen LogP contribution in [0.5, 0.6) is 0 Å². The van der Waals surface area contributed by atoms with Crippen molar-refractivity contribution in [1.29, 1.82) is 0 Å². The van der Waals surface area contributed by atoms with Crippen molar-refractivity contribution >= 4 is 0 Å². The Labute approximate surface area is 107 Å². The topological polar surface area (TPSA) is 36.1 Å². The van der Waals surface area contributed by atoms with E-state index >= 15 is 0 Å². The predicted molar refractivity (Wildman–Crippen MR) is 61.7 cm³/mol. The van der Waals surface area contributed by atoms with Gasteiger partial charge in [-0.15, -0.1) is 0 Å². The van der Waals surface area contributed by atoms with E-state index in [1.54, 1.807) is 0 Å². The van der Waals surface area contributed by atoms with E-state index in [1.807, 2.05) is 4.90 Å². The van der Waals surface area contributed by atoms with Gasteiger partial charge in [-0.25, -0.2) is 4.39 Å². The molecule has 1 aliphatic heterocycles. The third-order valence-electron chi connectivity index (χ3n) is 3.15. The van der Waals surface area contributed by atoms with E-state index in [4.69, 9.17) is 0 Å². The Balaban J connectivity index is 1.97. The highest BCUT2D eigenvalue weighted by Crippen LogP contribution is 2.31. The highest BCUT2D eigenvalue weighted by molar-refractivity contribution is 5.26. The number of nitrogens with zero attached hydrogens (tertiary/aromatic N) is 1. The molecule has 7 heteroatoms. The zero-order valence-corrected chi connectivity index (χ0v) is 10.1. The van der Waals surface area contributed by atoms with Gasteiger partial charge in [-0.3, -0.25) is 9.69 Å². The first kappa shape index (κ1) is 14.0. The molecule has 106 valence electrons. The monoisotopic (exact) mass is 278 g/mol. The third kappa shape index (κ3) is 3.56. The third-order valence-corrected chi connectivity index (χ3v) is 3.15. The van der Waals surface area contributed by atoms with Crippen LogP contribution in [0.1, 0.15) is 17.5 Å². The van der Waals surface area contributed by atoms with Crippen LogP contribution in [0.3, 0.4) is 0 Å². The van der Waals surface area contributed by atoms with E-state index in [0.29, 0.717) is 32.1 Å². The minimum absolute atomic E-state index is 0.0735. The number of alkyl halides is 4. The van der Waals surface area contributed by atoms with E-state index in [9.17, 15) is 22.4 Å². The molecule has 1 aliphatic rings. The van der Waals surface area contributed by atoms with Gasteiger partial charge in [-0.1, -0.05) is 0 Å². The lowest BCUT2D eigenvalue weighted by molar-refractivity contribution is -0.138. The molecule has 0 unspecified atom stereocenters. The summed E-state index contributed by atoms with van der Waals surface area (Å²) in [7, 11) is 0. The summed E-state index contributed by atoms with van der Waals surface area (Å²) in [5.74, 6) is 0. The number of hydrogen-bond acceptors (Lipinski definition) is 2. The quantitative estimate of drug-likeness (QED) is 0.855. The minimum Gasteiger partial charge on any atom is -0.329 e. The van der Waals surface area contributed by atoms with E-state index in [1.165, 1.54) is 0 Å². The highest BCUT2D eigenvalue weighted by Gasteiger charge is 2.33. The zero-order chi connectivity index (χ0) is 14.0. The molecule has 1 aromatic rings. The van der Waals surface area contributed by atoms with Crippen LogP contribution in [-0.4, -0.2) is 35.7 Å². The van der Waals surface area contributed by atoms with Crippen LogP contribution in [0.4, 0.5) is 17.6 Å². The molecular weight excluding hydrogens is 264 g/mol. The van der Waals surface area contributed by atoms with Crippen molar-refractivity contribution in [3.63, 3.8) is 0 Å². The fourth-order valence-corrected chi connectivity index (χ4v) is 2.15. The Hall–Kier alpha value is -1.37. The van der Waals surface area contributed by atoms with E-state index in [0.717, 1.165) is 6.20 Å². The van der Waals surface area contributed by atoms with Gasteiger partial charge in [0, 0.05) is 25.4 Å². The Bertz CT molecular complexity index is 491. The molecule has 0 amide bonds. The standard InChI is InChI=1S/C12H14F4N2O/c13-9-6-18(7-9)3-1-2-8-5-17-11(19)4-10(8)12(14,15)16/h4-5,9H,1-3,6-7H2,(H,17,19). The van der Waals surface area contributed by atoms with Crippen LogP contribution in [0.25, 0.3) is 0 Å². The molecule has 1 N–H and O–H groups in total. The molecule has 0 aromatic carbocycles. The normalized spacial score (nSPS) is 17.5. The Morgan fingerprint density at radius 3 is 2.63 bits per heavy atom. The van der Waals surface area contributed by atoms with Gasteiger partial charge in [0.05, 0.1) is 5.56 Å². The number of halogens is 4. The van der Waals surface area contributed by atoms with Crippen LogP contribution in [0.2, 0.25) is 0 Å². The van der Waals surface area contributed by atoms with Gasteiger partial charge >= 0.3 is 6.18 Å². The summed E-state index contributed by atoms with van der Waals surface area (Å²) in [6.07, 6.45) is -3.51. The average molecular weight is 278 g/mol. The Kier molecular flexibility index (Phi) is 3.93. The first-order valence-electron chi connectivity index (χ1n) is 6.01. The number of nitrogens with one attached hydrogen (secondary N) is 1. The van der Waals surface area contributed by atoms with E-state index in [2.05, 4.69) is 4.98 Å². The van der Waals surface area contributed by atoms with Crippen LogP contribution in [0, 0.1) is 0 Å². The molecule has 0 atom stereocenters. The maximum absolute atomic E-state index is 12.7. The molecule has 19 heavy (non-hydrogen) atoms. The van der Waals surface area contributed by atoms with Crippen LogP contribution >= 0.6 is 0 Å². The van der Waals surface area contributed by atoms with Gasteiger partial charge in [0.25, 0.3) is 0 Å². The molecule has 1 fully saturated rings. The maximum Gasteiger partial charge on any atom is 0.416 e. The average Bonchev–Trinajstić information content (AvgIpc) is 2.27. The minimum atomic E-state index is -4.52. The summed E-state index contributed by atoms with van der Waals surface area (Å²) in [6, 6.07) is 0.580. The van der Waals surface area contributed by atoms with Crippen molar-refractivity contribution in [2.45, 2.75) is 25.2 Å². The highest BCUT2D eigenvalue weighted by atomic mass is 19.4. The van der Waals surface area contributed by atoms with Gasteiger partial charge in [0.2, 0.25) is 5.56 Å². The summed E-state index contributed by atoms with van der Waals surface area (Å²) in [5.41, 5.74) is -1.58. The molecule has 3 nitrogen and oxygen atoms in total. The SMILES string of the molecule is O=c1cc(C(F)(F)F)c(CCCN2CC(F)C2)c[nH]1. The molecule has 1 aromatic heterocycles. The second-order valence-corrected chi connectivity index (χ2v) is 4.69. The van der Waals surface area contributed by atoms with Gasteiger partial charge < -0.3 is 4.98 Å². The van der Waals surface area contributed by atoms with Gasteiger partial charge in [0.15, 0.2) is 0 Å². The molecule has 0 saturated carbocycles. The second kappa shape index (κ2) is 5.32. The molecule has 2 heterocycles. The fourth-order valence-electron chi connectivity index (χ4n) is 2.15. The number of rotatable bonds is 4. The van der Waals surface area contributed by atoms with Gasteiger partial charge in [-0.05, 0) is 24.9 Å². The van der Waals surface area contributed by atoms with Crippen molar-refractivity contribution < 1.29 is 17.6 Å². The number of likely N-dealkylation sites (tertiary alicyclic amines) is 1. The van der Waals surface area contributed by atoms with Gasteiger partial charge in [0.1, 0.15) is 6.17 Å². The lowest BCUT2D eigenvalue weighted by Gasteiger charge is -2.34. The zero-order valence-electron chi connectivity index (χ0n) is 10.1. The summed E-state index contributed by atoms with van der Waals surface area (Å²) >= 11 is 0. The Morgan fingerprint density at radius 2 is 2.05 bits per heavy atom. The number of pyridine rings is 1. The molecule has 0 spiro atoms. The predicted octanol–water partition coefficient (Wildman–Crippen LogP) is 1.98. The summed E-state index contributed by atoms with van der Waals surface area (Å²) in [6.45, 7) is 1.28. The van der Waals surface area contributed by atoms with E-state index < -0.39 is 23.5 Å². The summed E-state index contributed by atoms with van der Waals surface area (Å²) in [5, 5.41) is 0. The summed E-state index contributed by atoms with van der Waals surface area (Å²) < 4.78 is 50.7. The lowest BCUT2D eigenvalue weighted by atomic mass is 10.0. The molecule has 0 bridgehead atoms. The second-order valence-electron chi connectivity index (χ2n) is 4.69. The lowest BCUT2D eigenvalue weighted by Crippen LogP contribution is -2.48. The van der Waals surface area contributed by atoms with Crippen LogP contribution < -0.4 is 5.56 Å². The maximum atomic E-state index is 12.7. The molecule has 0 aliphatic carbocycles. The van der Waals surface area contributed by atoms with E-state index in [-0.39, 0.29) is 12.0 Å². The molecular formula is C12H14F4N2O. The van der Waals surface area contributed by atoms with Crippen molar-refractivity contribution in [1.82, 2.24) is 9.88 Å². The molecule has 1 saturated heterocycles. The molecule has 0 radical (unpaired) electrons. The number of aryl methyl sites for hydroxylation is 1. The fraction of sp³-hybridized carbons (Fsp3) is 0.583. The number of aromatic amines is 1. The first-order chi connectivity index (χ1) is 8.86. The number of H-pyrrole nitrogens is 1. The Morgan fingerprint density at radius 1 is 1.37 bits per heavy atom. The largest absolute Gasteiger partial charge is 0.416 e. The number of aromatic nitrogens is 1. The first-order valence-corrected chi connectivity index (χ1v) is 6.01. The van der Waals surface area contributed by atoms with Crippen LogP contribution in [0.15, 0.2) is 17.1 Å². The smallest absolute Gasteiger partial charge is 0.329 e. The van der Waals surface area contributed by atoms with Crippen molar-refractivity contribution in [3.05, 3.63) is 33.7 Å². The van der Waals surface area contributed by atoms with Gasteiger partial charge in [-0.2, -0.15) is 13.2 Å². The van der Waals surface area contributed by atoms with Crippen LogP contribution in [-0.2, 0) is 12.6 Å². The van der Waals surface area contributed by atoms with Crippen molar-refractivity contribution in [3.8, 4) is 0 Å². The van der Waals surface area contributed by atoms with Crippen molar-refractivity contribution in [2.75, 3.05) is 19.6 Å². The number of hydrogen-bond donors (Lipinski definition) is 1. The molecule has 2 rings (SSSR count).